The van der Waals surface area contributed by atoms with E-state index in [-0.39, 0.29) is 30.5 Å². The van der Waals surface area contributed by atoms with Crippen LogP contribution in [0.25, 0.3) is 0 Å². The van der Waals surface area contributed by atoms with Gasteiger partial charge in [0.2, 0.25) is 11.8 Å². The molecule has 2 saturated heterocycles. The zero-order valence-electron chi connectivity index (χ0n) is 13.3. The average molecular weight is 358 g/mol. The first-order valence-electron chi connectivity index (χ1n) is 7.95. The summed E-state index contributed by atoms with van der Waals surface area (Å²) in [6.07, 6.45) is -3.32. The number of halogens is 3. The predicted octanol–water partition coefficient (Wildman–Crippen LogP) is 0.844. The van der Waals surface area contributed by atoms with E-state index in [4.69, 9.17) is 0 Å². The molecule has 0 radical (unpaired) electrons. The molecule has 2 unspecified atom stereocenters. The van der Waals surface area contributed by atoms with E-state index in [2.05, 4.69) is 10.2 Å². The van der Waals surface area contributed by atoms with Gasteiger partial charge in [-0.05, 0) is 18.9 Å². The smallest absolute Gasteiger partial charge is 0.334 e. The lowest BCUT2D eigenvalue weighted by molar-refractivity contribution is -0.157. The molecule has 3 rings (SSSR count). The summed E-state index contributed by atoms with van der Waals surface area (Å²) in [6, 6.07) is 2.51. The number of amides is 2. The number of aromatic nitrogens is 2. The number of likely N-dealkylation sites (tertiary alicyclic amines) is 2. The minimum atomic E-state index is -4.48. The van der Waals surface area contributed by atoms with Crippen molar-refractivity contribution >= 4 is 11.8 Å². The second-order valence-electron chi connectivity index (χ2n) is 6.33. The normalized spacial score (nSPS) is 24.2. The first-order valence-corrected chi connectivity index (χ1v) is 7.95. The maximum absolute atomic E-state index is 12.7. The summed E-state index contributed by atoms with van der Waals surface area (Å²) in [5.41, 5.74) is 0.172. The maximum atomic E-state index is 12.7. The van der Waals surface area contributed by atoms with E-state index in [1.165, 1.54) is 12.1 Å². The standard InChI is InChI=1S/C15H17F3N4O3/c16-15(17,18)8-21-7-9(6-13(21)24)14(25)22-5-1-2-11(22)10-3-4-12(23)20-19-10/h3-4,9,11H,1-2,5-8H2,(H,20,23). The zero-order chi connectivity index (χ0) is 18.2. The van der Waals surface area contributed by atoms with Crippen LogP contribution in [-0.2, 0) is 9.59 Å². The van der Waals surface area contributed by atoms with E-state index in [1.807, 2.05) is 0 Å². The van der Waals surface area contributed by atoms with Crippen LogP contribution in [0.3, 0.4) is 0 Å². The zero-order valence-corrected chi connectivity index (χ0v) is 13.3. The minimum Gasteiger partial charge on any atom is -0.334 e. The topological polar surface area (TPSA) is 86.4 Å². The Hall–Kier alpha value is -2.39. The molecule has 2 atom stereocenters. The van der Waals surface area contributed by atoms with E-state index in [0.717, 1.165) is 6.42 Å². The number of aromatic amines is 1. The predicted molar refractivity (Wildman–Crippen MR) is 79.3 cm³/mol. The number of rotatable bonds is 3. The Labute approximate surface area is 140 Å². The second-order valence-corrected chi connectivity index (χ2v) is 6.33. The summed E-state index contributed by atoms with van der Waals surface area (Å²) in [7, 11) is 0. The lowest BCUT2D eigenvalue weighted by Gasteiger charge is -2.26. The number of alkyl halides is 3. The highest BCUT2D eigenvalue weighted by Crippen LogP contribution is 2.33. The molecule has 7 nitrogen and oxygen atoms in total. The molecule has 0 bridgehead atoms. The van der Waals surface area contributed by atoms with Crippen molar-refractivity contribution in [2.24, 2.45) is 5.92 Å². The van der Waals surface area contributed by atoms with Crippen LogP contribution < -0.4 is 5.56 Å². The van der Waals surface area contributed by atoms with Gasteiger partial charge < -0.3 is 9.80 Å². The van der Waals surface area contributed by atoms with Crippen LogP contribution >= 0.6 is 0 Å². The molecular formula is C15H17F3N4O3. The van der Waals surface area contributed by atoms with Crippen LogP contribution in [-0.4, -0.2) is 57.6 Å². The number of carbonyl (C=O) groups excluding carboxylic acids is 2. The highest BCUT2D eigenvalue weighted by molar-refractivity contribution is 5.89. The number of nitrogens with zero attached hydrogens (tertiary/aromatic N) is 3. The van der Waals surface area contributed by atoms with Crippen LogP contribution in [0.1, 0.15) is 31.0 Å². The molecular weight excluding hydrogens is 341 g/mol. The van der Waals surface area contributed by atoms with Gasteiger partial charge in [0, 0.05) is 25.6 Å². The van der Waals surface area contributed by atoms with Crippen LogP contribution in [0.2, 0.25) is 0 Å². The van der Waals surface area contributed by atoms with Gasteiger partial charge in [-0.1, -0.05) is 0 Å². The van der Waals surface area contributed by atoms with E-state index >= 15 is 0 Å². The summed E-state index contributed by atoms with van der Waals surface area (Å²) >= 11 is 0. The third-order valence-corrected chi connectivity index (χ3v) is 4.51. The third-order valence-electron chi connectivity index (χ3n) is 4.51. The Morgan fingerprint density at radius 2 is 2.08 bits per heavy atom. The molecule has 25 heavy (non-hydrogen) atoms. The molecule has 3 heterocycles. The van der Waals surface area contributed by atoms with E-state index in [0.29, 0.717) is 23.6 Å². The third kappa shape index (κ3) is 3.83. The fourth-order valence-corrected chi connectivity index (χ4v) is 3.42. The molecule has 2 fully saturated rings. The minimum absolute atomic E-state index is 0.211. The highest BCUT2D eigenvalue weighted by atomic mass is 19.4. The van der Waals surface area contributed by atoms with Gasteiger partial charge in [0.05, 0.1) is 17.7 Å². The fraction of sp³-hybridized carbons (Fsp3) is 0.600. The van der Waals surface area contributed by atoms with Gasteiger partial charge in [-0.25, -0.2) is 5.10 Å². The van der Waals surface area contributed by atoms with Gasteiger partial charge in [0.1, 0.15) is 6.54 Å². The largest absolute Gasteiger partial charge is 0.406 e. The second kappa shape index (κ2) is 6.49. The molecule has 2 aliphatic rings. The summed E-state index contributed by atoms with van der Waals surface area (Å²) in [5.74, 6) is -1.78. The molecule has 0 aromatic carbocycles. The van der Waals surface area contributed by atoms with Crippen molar-refractivity contribution in [1.29, 1.82) is 0 Å². The molecule has 2 amide bonds. The van der Waals surface area contributed by atoms with Gasteiger partial charge in [0.25, 0.3) is 5.56 Å². The molecule has 136 valence electrons. The average Bonchev–Trinajstić information content (AvgIpc) is 3.14. The van der Waals surface area contributed by atoms with E-state index in [1.54, 1.807) is 4.90 Å². The molecule has 0 spiro atoms. The molecule has 0 saturated carbocycles. The Morgan fingerprint density at radius 1 is 1.32 bits per heavy atom. The van der Waals surface area contributed by atoms with Crippen molar-refractivity contribution in [3.8, 4) is 0 Å². The lowest BCUT2D eigenvalue weighted by Crippen LogP contribution is -2.39. The summed E-state index contributed by atoms with van der Waals surface area (Å²) in [4.78, 5) is 37.8. The molecule has 1 aromatic heterocycles. The number of hydrogen-bond acceptors (Lipinski definition) is 4. The number of nitrogens with one attached hydrogen (secondary N) is 1. The summed E-state index contributed by atoms with van der Waals surface area (Å²) in [5, 5.41) is 6.26. The Kier molecular flexibility index (Phi) is 4.53. The SMILES string of the molecule is O=C1CC(C(=O)N2CCCC2c2ccc(=O)[nH]n2)CN1CC(F)(F)F. The first kappa shape index (κ1) is 17.4. The molecule has 10 heteroatoms. The van der Waals surface area contributed by atoms with E-state index in [9.17, 15) is 27.6 Å². The van der Waals surface area contributed by atoms with Gasteiger partial charge >= 0.3 is 6.18 Å². The van der Waals surface area contributed by atoms with Gasteiger partial charge in [-0.2, -0.15) is 18.3 Å². The Balaban J connectivity index is 1.71. The van der Waals surface area contributed by atoms with Crippen LogP contribution in [0.5, 0.6) is 0 Å². The fourth-order valence-electron chi connectivity index (χ4n) is 3.42. The summed E-state index contributed by atoms with van der Waals surface area (Å²) < 4.78 is 37.5. The molecule has 0 aliphatic carbocycles. The Bertz CT molecular complexity index is 713. The van der Waals surface area contributed by atoms with Crippen molar-refractivity contribution in [3.63, 3.8) is 0 Å². The Morgan fingerprint density at radius 3 is 2.72 bits per heavy atom. The molecule has 1 aromatic rings. The van der Waals surface area contributed by atoms with Crippen molar-refractivity contribution < 1.29 is 22.8 Å². The van der Waals surface area contributed by atoms with E-state index < -0.39 is 24.5 Å². The number of H-pyrrole nitrogens is 1. The summed E-state index contributed by atoms with van der Waals surface area (Å²) in [6.45, 7) is -1.10. The molecule has 1 N–H and O–H groups in total. The van der Waals surface area contributed by atoms with Crippen molar-refractivity contribution in [1.82, 2.24) is 20.0 Å². The van der Waals surface area contributed by atoms with Gasteiger partial charge in [-0.3, -0.25) is 14.4 Å². The van der Waals surface area contributed by atoms with Crippen molar-refractivity contribution in [2.75, 3.05) is 19.6 Å². The molecule has 2 aliphatic heterocycles. The van der Waals surface area contributed by atoms with Gasteiger partial charge in [-0.15, -0.1) is 0 Å². The maximum Gasteiger partial charge on any atom is 0.406 e. The first-order chi connectivity index (χ1) is 11.7. The van der Waals surface area contributed by atoms with Crippen LogP contribution in [0, 0.1) is 5.92 Å². The monoisotopic (exact) mass is 358 g/mol. The van der Waals surface area contributed by atoms with Crippen molar-refractivity contribution in [3.05, 3.63) is 28.2 Å². The van der Waals surface area contributed by atoms with Crippen LogP contribution in [0.4, 0.5) is 13.2 Å². The quantitative estimate of drug-likeness (QED) is 0.868. The van der Waals surface area contributed by atoms with Gasteiger partial charge in [0.15, 0.2) is 0 Å². The number of hydrogen-bond donors (Lipinski definition) is 1. The lowest BCUT2D eigenvalue weighted by atomic mass is 10.1. The van der Waals surface area contributed by atoms with Crippen molar-refractivity contribution in [2.45, 2.75) is 31.5 Å². The van der Waals surface area contributed by atoms with Crippen LogP contribution in [0.15, 0.2) is 16.9 Å². The highest BCUT2D eigenvalue weighted by Gasteiger charge is 2.43. The number of carbonyl (C=O) groups is 2.